The highest BCUT2D eigenvalue weighted by Gasteiger charge is 2.31. The zero-order valence-corrected chi connectivity index (χ0v) is 12.5. The Morgan fingerprint density at radius 1 is 1.06 bits per heavy atom. The second-order valence-corrected chi connectivity index (χ2v) is 6.41. The lowest BCUT2D eigenvalue weighted by Crippen LogP contribution is -2.43. The highest BCUT2D eigenvalue weighted by atomic mass is 15.2. The van der Waals surface area contributed by atoms with Gasteiger partial charge in [0, 0.05) is 18.6 Å². The Balaban J connectivity index is 1.85. The summed E-state index contributed by atoms with van der Waals surface area (Å²) < 4.78 is 0. The molecule has 2 rings (SSSR count). The molecule has 0 amide bonds. The van der Waals surface area contributed by atoms with Gasteiger partial charge in [0.15, 0.2) is 0 Å². The average Bonchev–Trinajstić information content (AvgIpc) is 2.69. The number of likely N-dealkylation sites (N-methyl/N-ethyl adjacent to an activating group) is 1. The van der Waals surface area contributed by atoms with Crippen molar-refractivity contribution in [2.75, 3.05) is 20.1 Å². The molecule has 1 heterocycles. The lowest BCUT2D eigenvalue weighted by Gasteiger charge is -2.32. The normalized spacial score (nSPS) is 34.7. The molecule has 2 heteroatoms. The Bertz CT molecular complexity index is 229. The predicted molar refractivity (Wildman–Crippen MR) is 78.9 cm³/mol. The highest BCUT2D eigenvalue weighted by Crippen LogP contribution is 2.32. The Labute approximate surface area is 114 Å². The molecule has 2 fully saturated rings. The Hall–Kier alpha value is -0.0800. The van der Waals surface area contributed by atoms with Gasteiger partial charge in [0.25, 0.3) is 0 Å². The average molecular weight is 252 g/mol. The van der Waals surface area contributed by atoms with Crippen molar-refractivity contribution in [3.8, 4) is 0 Å². The molecule has 1 saturated carbocycles. The first-order valence-electron chi connectivity index (χ1n) is 8.25. The fraction of sp³-hybridized carbons (Fsp3) is 1.00. The molecule has 3 unspecified atom stereocenters. The first-order chi connectivity index (χ1) is 8.85. The van der Waals surface area contributed by atoms with Crippen molar-refractivity contribution in [1.82, 2.24) is 10.2 Å². The Kier molecular flexibility index (Phi) is 5.97. The van der Waals surface area contributed by atoms with E-state index in [1.54, 1.807) is 0 Å². The van der Waals surface area contributed by atoms with Crippen molar-refractivity contribution < 1.29 is 0 Å². The van der Waals surface area contributed by atoms with Crippen LogP contribution in [0.15, 0.2) is 0 Å². The van der Waals surface area contributed by atoms with Crippen LogP contribution in [0, 0.1) is 5.92 Å². The quantitative estimate of drug-likeness (QED) is 0.754. The van der Waals surface area contributed by atoms with Gasteiger partial charge in [0.2, 0.25) is 0 Å². The summed E-state index contributed by atoms with van der Waals surface area (Å²) in [5.74, 6) is 1.03. The van der Waals surface area contributed by atoms with Gasteiger partial charge in [-0.25, -0.2) is 0 Å². The third kappa shape index (κ3) is 3.71. The van der Waals surface area contributed by atoms with Crippen LogP contribution < -0.4 is 5.32 Å². The lowest BCUT2D eigenvalue weighted by atomic mass is 9.95. The number of hydrogen-bond acceptors (Lipinski definition) is 2. The maximum Gasteiger partial charge on any atom is 0.0223 e. The fourth-order valence-corrected chi connectivity index (χ4v) is 4.18. The minimum atomic E-state index is 0.822. The van der Waals surface area contributed by atoms with Crippen LogP contribution in [-0.2, 0) is 0 Å². The topological polar surface area (TPSA) is 15.3 Å². The third-order valence-electron chi connectivity index (χ3n) is 5.09. The van der Waals surface area contributed by atoms with Crippen LogP contribution in [0.3, 0.4) is 0 Å². The molecular weight excluding hydrogens is 220 g/mol. The number of likely N-dealkylation sites (tertiary alicyclic amines) is 1. The maximum atomic E-state index is 3.38. The second kappa shape index (κ2) is 7.49. The molecule has 1 aliphatic carbocycles. The zero-order chi connectivity index (χ0) is 12.8. The maximum absolute atomic E-state index is 3.38. The monoisotopic (exact) mass is 252 g/mol. The first kappa shape index (κ1) is 14.3. The minimum Gasteiger partial charge on any atom is -0.318 e. The van der Waals surface area contributed by atoms with Crippen molar-refractivity contribution in [3.63, 3.8) is 0 Å². The lowest BCUT2D eigenvalue weighted by molar-refractivity contribution is 0.161. The molecular formula is C16H32N2. The van der Waals surface area contributed by atoms with Crippen LogP contribution in [-0.4, -0.2) is 37.1 Å². The van der Waals surface area contributed by atoms with Crippen molar-refractivity contribution in [2.24, 2.45) is 5.92 Å². The number of rotatable bonds is 5. The van der Waals surface area contributed by atoms with Crippen LogP contribution in [0.4, 0.5) is 0 Å². The highest BCUT2D eigenvalue weighted by molar-refractivity contribution is 4.87. The number of hydrogen-bond donors (Lipinski definition) is 1. The molecule has 0 radical (unpaired) electrons. The van der Waals surface area contributed by atoms with Gasteiger partial charge in [-0.15, -0.1) is 0 Å². The Morgan fingerprint density at radius 2 is 1.94 bits per heavy atom. The van der Waals surface area contributed by atoms with E-state index >= 15 is 0 Å². The van der Waals surface area contributed by atoms with Gasteiger partial charge in [0.05, 0.1) is 0 Å². The van der Waals surface area contributed by atoms with Gasteiger partial charge in [-0.2, -0.15) is 0 Å². The van der Waals surface area contributed by atoms with Gasteiger partial charge >= 0.3 is 0 Å². The van der Waals surface area contributed by atoms with Gasteiger partial charge in [-0.1, -0.05) is 32.6 Å². The van der Waals surface area contributed by atoms with E-state index in [0.29, 0.717) is 0 Å². The van der Waals surface area contributed by atoms with E-state index in [0.717, 1.165) is 18.0 Å². The standard InChI is InChI=1S/C16H32N2/c1-3-6-14-7-4-8-15(11-10-14)18-12-5-9-16(18)13-17-2/h14-17H,3-13H2,1-2H3. The van der Waals surface area contributed by atoms with E-state index in [4.69, 9.17) is 0 Å². The largest absolute Gasteiger partial charge is 0.318 e. The molecule has 106 valence electrons. The van der Waals surface area contributed by atoms with Crippen molar-refractivity contribution in [3.05, 3.63) is 0 Å². The number of nitrogens with zero attached hydrogens (tertiary/aromatic N) is 1. The smallest absolute Gasteiger partial charge is 0.0223 e. The Morgan fingerprint density at radius 3 is 2.72 bits per heavy atom. The van der Waals surface area contributed by atoms with Gasteiger partial charge in [0.1, 0.15) is 0 Å². The van der Waals surface area contributed by atoms with Crippen LogP contribution >= 0.6 is 0 Å². The fourth-order valence-electron chi connectivity index (χ4n) is 4.18. The van der Waals surface area contributed by atoms with Crippen LogP contribution in [0.5, 0.6) is 0 Å². The van der Waals surface area contributed by atoms with Crippen molar-refractivity contribution in [1.29, 1.82) is 0 Å². The van der Waals surface area contributed by atoms with Crippen molar-refractivity contribution in [2.45, 2.75) is 76.8 Å². The minimum absolute atomic E-state index is 0.822. The summed E-state index contributed by atoms with van der Waals surface area (Å²) in [6, 6.07) is 1.72. The number of nitrogens with one attached hydrogen (secondary N) is 1. The van der Waals surface area contributed by atoms with Gasteiger partial charge in [-0.05, 0) is 51.6 Å². The summed E-state index contributed by atoms with van der Waals surface area (Å²) in [5, 5.41) is 3.38. The molecule has 1 aliphatic heterocycles. The van der Waals surface area contributed by atoms with E-state index in [1.807, 2.05) is 0 Å². The van der Waals surface area contributed by atoms with Crippen LogP contribution in [0.2, 0.25) is 0 Å². The molecule has 0 aromatic heterocycles. The summed E-state index contributed by atoms with van der Waals surface area (Å²) >= 11 is 0. The summed E-state index contributed by atoms with van der Waals surface area (Å²) in [6.45, 7) is 4.89. The van der Waals surface area contributed by atoms with E-state index in [-0.39, 0.29) is 0 Å². The SMILES string of the molecule is CCCC1CCCC(N2CCCC2CNC)CC1. The molecule has 0 aromatic carbocycles. The zero-order valence-electron chi connectivity index (χ0n) is 12.5. The van der Waals surface area contributed by atoms with Gasteiger partial charge in [-0.3, -0.25) is 4.90 Å². The van der Waals surface area contributed by atoms with Crippen LogP contribution in [0.25, 0.3) is 0 Å². The van der Waals surface area contributed by atoms with Crippen molar-refractivity contribution >= 4 is 0 Å². The molecule has 2 nitrogen and oxygen atoms in total. The van der Waals surface area contributed by atoms with Crippen LogP contribution in [0.1, 0.15) is 64.7 Å². The predicted octanol–water partition coefficient (Wildman–Crippen LogP) is 3.42. The molecule has 0 bridgehead atoms. The molecule has 0 aromatic rings. The van der Waals surface area contributed by atoms with E-state index in [2.05, 4.69) is 24.2 Å². The second-order valence-electron chi connectivity index (χ2n) is 6.41. The molecule has 18 heavy (non-hydrogen) atoms. The first-order valence-corrected chi connectivity index (χ1v) is 8.25. The van der Waals surface area contributed by atoms with E-state index < -0.39 is 0 Å². The molecule has 3 atom stereocenters. The molecule has 2 aliphatic rings. The third-order valence-corrected chi connectivity index (χ3v) is 5.09. The van der Waals surface area contributed by atoms with E-state index in [9.17, 15) is 0 Å². The summed E-state index contributed by atoms with van der Waals surface area (Å²) in [6.07, 6.45) is 13.0. The summed E-state index contributed by atoms with van der Waals surface area (Å²) in [5.41, 5.74) is 0. The molecule has 1 N–H and O–H groups in total. The van der Waals surface area contributed by atoms with Gasteiger partial charge < -0.3 is 5.32 Å². The molecule has 1 saturated heterocycles. The molecule has 0 spiro atoms. The summed E-state index contributed by atoms with van der Waals surface area (Å²) in [4.78, 5) is 2.84. The summed E-state index contributed by atoms with van der Waals surface area (Å²) in [7, 11) is 2.10. The van der Waals surface area contributed by atoms with E-state index in [1.165, 1.54) is 70.9 Å².